The lowest BCUT2D eigenvalue weighted by Crippen LogP contribution is -2.08. The molecule has 3 rings (SSSR count). The number of ether oxygens (including phenoxy) is 1. The van der Waals surface area contributed by atoms with Crippen LogP contribution in [0.1, 0.15) is 23.7 Å². The largest absolute Gasteiger partial charge is 0.439 e. The Balaban J connectivity index is 1.54. The number of aromatic nitrogens is 3. The van der Waals surface area contributed by atoms with Crippen LogP contribution in [0.3, 0.4) is 0 Å². The predicted molar refractivity (Wildman–Crippen MR) is 104 cm³/mol. The van der Waals surface area contributed by atoms with Crippen molar-refractivity contribution in [3.05, 3.63) is 70.8 Å². The van der Waals surface area contributed by atoms with E-state index in [1.54, 1.807) is 12.1 Å². The van der Waals surface area contributed by atoms with Crippen LogP contribution >= 0.6 is 11.6 Å². The van der Waals surface area contributed by atoms with Crippen molar-refractivity contribution in [2.45, 2.75) is 25.9 Å². The minimum Gasteiger partial charge on any atom is -0.439 e. The molecule has 0 atom stereocenters. The topological polar surface area (TPSA) is 59.9 Å². The van der Waals surface area contributed by atoms with Gasteiger partial charge in [0.05, 0.1) is 11.3 Å². The van der Waals surface area contributed by atoms with Crippen molar-refractivity contribution in [3.63, 3.8) is 0 Å². The molecule has 0 aliphatic heterocycles. The van der Waals surface area contributed by atoms with Gasteiger partial charge in [0, 0.05) is 18.8 Å². The zero-order valence-corrected chi connectivity index (χ0v) is 16.3. The summed E-state index contributed by atoms with van der Waals surface area (Å²) in [5, 5.41) is 3.72. The molecule has 1 N–H and O–H groups in total. The van der Waals surface area contributed by atoms with Crippen molar-refractivity contribution < 1.29 is 17.9 Å². The van der Waals surface area contributed by atoms with Crippen molar-refractivity contribution in [3.8, 4) is 11.6 Å². The van der Waals surface area contributed by atoms with Crippen LogP contribution in [0.25, 0.3) is 0 Å². The number of nitrogens with zero attached hydrogens (tertiary/aromatic N) is 3. The second kappa shape index (κ2) is 9.09. The number of aryl methyl sites for hydroxylation is 1. The van der Waals surface area contributed by atoms with Crippen LogP contribution in [0.2, 0.25) is 5.02 Å². The molecule has 0 aliphatic rings. The summed E-state index contributed by atoms with van der Waals surface area (Å²) >= 11 is 6.25. The zero-order valence-electron chi connectivity index (χ0n) is 15.5. The smallest absolute Gasteiger partial charge is 0.417 e. The molecule has 0 spiro atoms. The maximum absolute atomic E-state index is 12.6. The fraction of sp³-hybridized carbons (Fsp3) is 0.250. The lowest BCUT2D eigenvalue weighted by Gasteiger charge is -2.10. The highest BCUT2D eigenvalue weighted by atomic mass is 35.5. The second-order valence-electron chi connectivity index (χ2n) is 6.14. The number of benzene rings is 1. The average molecular weight is 423 g/mol. The van der Waals surface area contributed by atoms with Gasteiger partial charge in [0.25, 0.3) is 0 Å². The number of nitrogens with one attached hydrogen (secondary N) is 1. The number of halogens is 4. The summed E-state index contributed by atoms with van der Waals surface area (Å²) in [5.74, 6) is 1.18. The third-order valence-electron chi connectivity index (χ3n) is 4.11. The Morgan fingerprint density at radius 1 is 1.03 bits per heavy atom. The van der Waals surface area contributed by atoms with Crippen LogP contribution < -0.4 is 10.1 Å². The predicted octanol–water partition coefficient (Wildman–Crippen LogP) is 5.55. The van der Waals surface area contributed by atoms with Crippen molar-refractivity contribution in [1.82, 2.24) is 15.0 Å². The van der Waals surface area contributed by atoms with E-state index in [9.17, 15) is 13.2 Å². The molecule has 29 heavy (non-hydrogen) atoms. The highest BCUT2D eigenvalue weighted by Gasteiger charge is 2.30. The lowest BCUT2D eigenvalue weighted by molar-refractivity contribution is -0.137. The van der Waals surface area contributed by atoms with Crippen LogP contribution in [0.15, 0.2) is 48.9 Å². The van der Waals surface area contributed by atoms with Crippen molar-refractivity contribution in [2.75, 3.05) is 11.9 Å². The quantitative estimate of drug-likeness (QED) is 0.540. The molecule has 1 aromatic carbocycles. The Morgan fingerprint density at radius 2 is 1.79 bits per heavy atom. The molecule has 3 aromatic rings. The van der Waals surface area contributed by atoms with Gasteiger partial charge in [0.1, 0.15) is 22.9 Å². The first-order valence-corrected chi connectivity index (χ1v) is 9.28. The van der Waals surface area contributed by atoms with Crippen LogP contribution in [-0.2, 0) is 19.0 Å². The van der Waals surface area contributed by atoms with E-state index in [-0.39, 0.29) is 5.88 Å². The molecule has 0 unspecified atom stereocenters. The maximum Gasteiger partial charge on any atom is 0.417 e. The van der Waals surface area contributed by atoms with Gasteiger partial charge in [-0.1, -0.05) is 30.7 Å². The number of hydrogen-bond acceptors (Lipinski definition) is 5. The summed E-state index contributed by atoms with van der Waals surface area (Å²) in [5.41, 5.74) is 1.02. The monoisotopic (exact) mass is 422 g/mol. The van der Waals surface area contributed by atoms with E-state index in [2.05, 4.69) is 20.3 Å². The van der Waals surface area contributed by atoms with Crippen LogP contribution in [0.4, 0.5) is 19.0 Å². The van der Waals surface area contributed by atoms with Gasteiger partial charge in [0.2, 0.25) is 5.88 Å². The number of rotatable bonds is 7. The summed E-state index contributed by atoms with van der Waals surface area (Å²) < 4.78 is 43.2. The Labute approximate surface area is 170 Å². The van der Waals surface area contributed by atoms with E-state index in [0.717, 1.165) is 36.4 Å². The summed E-state index contributed by atoms with van der Waals surface area (Å²) in [6.45, 7) is 2.60. The van der Waals surface area contributed by atoms with E-state index < -0.39 is 11.7 Å². The Morgan fingerprint density at radius 3 is 2.41 bits per heavy atom. The first kappa shape index (κ1) is 20.9. The number of hydrogen-bond donors (Lipinski definition) is 1. The number of anilines is 1. The molecular weight excluding hydrogens is 405 g/mol. The summed E-state index contributed by atoms with van der Waals surface area (Å²) in [6, 6.07) is 9.35. The molecule has 5 nitrogen and oxygen atoms in total. The Kier molecular flexibility index (Phi) is 6.53. The van der Waals surface area contributed by atoms with Gasteiger partial charge in [0.15, 0.2) is 0 Å². The summed E-state index contributed by atoms with van der Waals surface area (Å²) in [4.78, 5) is 12.0. The van der Waals surface area contributed by atoms with Crippen molar-refractivity contribution in [1.29, 1.82) is 0 Å². The van der Waals surface area contributed by atoms with Gasteiger partial charge in [-0.25, -0.2) is 15.0 Å². The summed E-state index contributed by atoms with van der Waals surface area (Å²) in [6.07, 6.45) is -0.743. The van der Waals surface area contributed by atoms with E-state index in [1.807, 2.05) is 19.1 Å². The molecule has 2 aromatic heterocycles. The van der Waals surface area contributed by atoms with Crippen LogP contribution in [-0.4, -0.2) is 21.5 Å². The minimum atomic E-state index is -4.42. The SMILES string of the molecule is CCc1ncnc(NCCc2ccc(Oc3ccc(C(F)(F)F)cn3)cc2)c1Cl. The third-order valence-corrected chi connectivity index (χ3v) is 4.51. The maximum atomic E-state index is 12.6. The zero-order chi connectivity index (χ0) is 20.9. The van der Waals surface area contributed by atoms with Crippen molar-refractivity contribution in [2.24, 2.45) is 0 Å². The fourth-order valence-electron chi connectivity index (χ4n) is 2.55. The van der Waals surface area contributed by atoms with Gasteiger partial charge in [-0.3, -0.25) is 0 Å². The Hall–Kier alpha value is -2.87. The van der Waals surface area contributed by atoms with Gasteiger partial charge in [-0.05, 0) is 36.6 Å². The lowest BCUT2D eigenvalue weighted by atomic mass is 10.1. The van der Waals surface area contributed by atoms with Crippen LogP contribution in [0.5, 0.6) is 11.6 Å². The normalized spacial score (nSPS) is 11.3. The first-order valence-electron chi connectivity index (χ1n) is 8.90. The highest BCUT2D eigenvalue weighted by molar-refractivity contribution is 6.33. The molecule has 0 fully saturated rings. The van der Waals surface area contributed by atoms with E-state index >= 15 is 0 Å². The molecule has 9 heteroatoms. The van der Waals surface area contributed by atoms with E-state index in [4.69, 9.17) is 16.3 Å². The van der Waals surface area contributed by atoms with Crippen LogP contribution in [0, 0.1) is 0 Å². The van der Waals surface area contributed by atoms with E-state index in [1.165, 1.54) is 12.4 Å². The van der Waals surface area contributed by atoms with Gasteiger partial charge in [-0.2, -0.15) is 13.2 Å². The Bertz CT molecular complexity index is 947. The molecular formula is C20H18ClF3N4O. The molecule has 152 valence electrons. The third kappa shape index (κ3) is 5.57. The molecule has 0 aliphatic carbocycles. The summed E-state index contributed by atoms with van der Waals surface area (Å²) in [7, 11) is 0. The number of pyridine rings is 1. The van der Waals surface area contributed by atoms with Gasteiger partial charge in [-0.15, -0.1) is 0 Å². The second-order valence-corrected chi connectivity index (χ2v) is 6.52. The molecule has 0 saturated heterocycles. The highest BCUT2D eigenvalue weighted by Crippen LogP contribution is 2.30. The molecule has 0 bridgehead atoms. The first-order chi connectivity index (χ1) is 13.9. The fourth-order valence-corrected chi connectivity index (χ4v) is 2.85. The molecule has 2 heterocycles. The van der Waals surface area contributed by atoms with Crippen molar-refractivity contribution >= 4 is 17.4 Å². The minimum absolute atomic E-state index is 0.0950. The average Bonchev–Trinajstić information content (AvgIpc) is 2.70. The number of alkyl halides is 3. The van der Waals surface area contributed by atoms with Gasteiger partial charge >= 0.3 is 6.18 Å². The molecule has 0 amide bonds. The standard InChI is InChI=1S/C20H18ClF3N4O/c1-2-16-18(21)19(28-12-27-16)25-10-9-13-3-6-15(7-4-13)29-17-8-5-14(11-26-17)20(22,23)24/h3-8,11-12H,2,9-10H2,1H3,(H,25,27,28). The van der Waals surface area contributed by atoms with E-state index in [0.29, 0.717) is 23.1 Å². The molecule has 0 saturated carbocycles. The molecule has 0 radical (unpaired) electrons. The van der Waals surface area contributed by atoms with Gasteiger partial charge < -0.3 is 10.1 Å².